The van der Waals surface area contributed by atoms with Crippen molar-refractivity contribution in [3.8, 4) is 0 Å². The minimum Gasteiger partial charge on any atom is -0.382 e. The Labute approximate surface area is 135 Å². The molecule has 1 aliphatic rings. The number of dihydropyridines is 1. The van der Waals surface area contributed by atoms with Gasteiger partial charge in [-0.25, -0.2) is 0 Å². The second-order valence-corrected chi connectivity index (χ2v) is 6.42. The topological polar surface area (TPSA) is 59.9 Å². The van der Waals surface area contributed by atoms with Gasteiger partial charge in [-0.15, -0.1) is 0 Å². The molecule has 0 unspecified atom stereocenters. The summed E-state index contributed by atoms with van der Waals surface area (Å²) >= 11 is 0. The Kier molecular flexibility index (Phi) is 17.4. The largest absolute Gasteiger partial charge is 0.382 e. The second kappa shape index (κ2) is 17.7. The van der Waals surface area contributed by atoms with Crippen molar-refractivity contribution < 1.29 is 14.3 Å². The molecular formula is C14H26N2O3S2. The molecule has 21 heavy (non-hydrogen) atoms. The van der Waals surface area contributed by atoms with Crippen molar-refractivity contribution in [2.24, 2.45) is 4.99 Å². The van der Waals surface area contributed by atoms with Crippen LogP contribution in [0.15, 0.2) is 17.1 Å². The van der Waals surface area contributed by atoms with Crippen molar-refractivity contribution in [2.45, 2.75) is 12.8 Å². The molecule has 122 valence electrons. The second-order valence-electron chi connectivity index (χ2n) is 3.98. The van der Waals surface area contributed by atoms with Gasteiger partial charge in [0, 0.05) is 32.4 Å². The van der Waals surface area contributed by atoms with Gasteiger partial charge in [-0.1, -0.05) is 16.9 Å². The first-order valence-corrected chi connectivity index (χ1v) is 9.32. The summed E-state index contributed by atoms with van der Waals surface area (Å²) in [6.45, 7) is 3.96. The normalized spacial score (nSPS) is 13.3. The number of aliphatic imine (C=N–C) groups is 1. The summed E-state index contributed by atoms with van der Waals surface area (Å²) in [4.78, 5) is 14.3. The van der Waals surface area contributed by atoms with Gasteiger partial charge >= 0.3 is 0 Å². The zero-order chi connectivity index (χ0) is 15.6. The lowest BCUT2D eigenvalue weighted by Gasteiger charge is -2.03. The van der Waals surface area contributed by atoms with Crippen LogP contribution in [0.3, 0.4) is 0 Å². The SMILES string of the molecule is CNCCOCCOC.O=CCCSSC1=NCCC=C1. The summed E-state index contributed by atoms with van der Waals surface area (Å²) in [5.74, 6) is 0.876. The molecule has 0 saturated carbocycles. The number of hydrogen-bond acceptors (Lipinski definition) is 7. The van der Waals surface area contributed by atoms with E-state index in [-0.39, 0.29) is 0 Å². The predicted molar refractivity (Wildman–Crippen MR) is 93.4 cm³/mol. The third kappa shape index (κ3) is 15.9. The maximum atomic E-state index is 9.99. The van der Waals surface area contributed by atoms with Crippen LogP contribution in [0, 0.1) is 0 Å². The fourth-order valence-corrected chi connectivity index (χ4v) is 3.08. The zero-order valence-corrected chi connectivity index (χ0v) is 14.5. The molecule has 7 heteroatoms. The summed E-state index contributed by atoms with van der Waals surface area (Å²) in [6, 6.07) is 0. The smallest absolute Gasteiger partial charge is 0.120 e. The van der Waals surface area contributed by atoms with Crippen LogP contribution in [0.5, 0.6) is 0 Å². The zero-order valence-electron chi connectivity index (χ0n) is 12.9. The first-order valence-electron chi connectivity index (χ1n) is 7.00. The number of hydrogen-bond donors (Lipinski definition) is 1. The maximum Gasteiger partial charge on any atom is 0.120 e. The predicted octanol–water partition coefficient (Wildman–Crippen LogP) is 2.18. The van der Waals surface area contributed by atoms with Crippen LogP contribution in [0.1, 0.15) is 12.8 Å². The Hall–Kier alpha value is -0.340. The molecule has 0 aliphatic carbocycles. The Bertz CT molecular complexity index is 294. The van der Waals surface area contributed by atoms with E-state index in [4.69, 9.17) is 9.47 Å². The number of ether oxygens (including phenoxy) is 2. The minimum atomic E-state index is 0.634. The van der Waals surface area contributed by atoms with E-state index in [2.05, 4.69) is 16.4 Å². The van der Waals surface area contributed by atoms with Gasteiger partial charge in [-0.2, -0.15) is 0 Å². The van der Waals surface area contributed by atoms with Crippen LogP contribution in [0.4, 0.5) is 0 Å². The van der Waals surface area contributed by atoms with Gasteiger partial charge in [0.1, 0.15) is 11.3 Å². The van der Waals surface area contributed by atoms with Crippen molar-refractivity contribution in [1.29, 1.82) is 0 Å². The quantitative estimate of drug-likeness (QED) is 0.375. The molecule has 0 aromatic carbocycles. The molecule has 1 heterocycles. The van der Waals surface area contributed by atoms with Crippen LogP contribution in [0.2, 0.25) is 0 Å². The lowest BCUT2D eigenvalue weighted by molar-refractivity contribution is -0.107. The number of aldehydes is 1. The first kappa shape index (κ1) is 20.7. The number of carbonyl (C=O) groups is 1. The van der Waals surface area contributed by atoms with Gasteiger partial charge in [0.2, 0.25) is 0 Å². The fourth-order valence-electron chi connectivity index (χ4n) is 1.16. The molecule has 0 saturated heterocycles. The molecule has 1 rings (SSSR count). The Balaban J connectivity index is 0.000000400. The molecule has 5 nitrogen and oxygen atoms in total. The minimum absolute atomic E-state index is 0.634. The van der Waals surface area contributed by atoms with E-state index >= 15 is 0 Å². The highest BCUT2D eigenvalue weighted by atomic mass is 33.1. The van der Waals surface area contributed by atoms with E-state index < -0.39 is 0 Å². The van der Waals surface area contributed by atoms with Crippen molar-refractivity contribution in [1.82, 2.24) is 5.32 Å². The van der Waals surface area contributed by atoms with E-state index in [0.717, 1.165) is 43.2 Å². The molecule has 0 aromatic rings. The van der Waals surface area contributed by atoms with Gasteiger partial charge in [0.25, 0.3) is 0 Å². The third-order valence-electron chi connectivity index (χ3n) is 2.22. The molecule has 0 radical (unpaired) electrons. The molecule has 0 atom stereocenters. The highest BCUT2D eigenvalue weighted by molar-refractivity contribution is 8.82. The van der Waals surface area contributed by atoms with Crippen LogP contribution in [-0.2, 0) is 14.3 Å². The molecule has 0 fully saturated rings. The molecule has 0 amide bonds. The standard InChI is InChI=1S/C8H11NOS2.C6H15NO2/c10-6-3-7-11-12-8-4-1-2-5-9-8;1-7-3-4-9-6-5-8-2/h1,4,6H,2-3,5,7H2;7H,3-6H2,1-2H3. The Morgan fingerprint density at radius 1 is 1.43 bits per heavy atom. The summed E-state index contributed by atoms with van der Waals surface area (Å²) in [7, 11) is 6.92. The average Bonchev–Trinajstić information content (AvgIpc) is 2.53. The summed E-state index contributed by atoms with van der Waals surface area (Å²) in [5.41, 5.74) is 0. The summed E-state index contributed by atoms with van der Waals surface area (Å²) < 4.78 is 9.90. The first-order chi connectivity index (χ1) is 10.3. The molecule has 1 N–H and O–H groups in total. The average molecular weight is 335 g/mol. The Morgan fingerprint density at radius 2 is 2.29 bits per heavy atom. The van der Waals surface area contributed by atoms with Gasteiger partial charge in [-0.3, -0.25) is 4.99 Å². The van der Waals surface area contributed by atoms with Crippen molar-refractivity contribution in [3.05, 3.63) is 12.2 Å². The fraction of sp³-hybridized carbons (Fsp3) is 0.714. The Morgan fingerprint density at radius 3 is 2.90 bits per heavy atom. The lowest BCUT2D eigenvalue weighted by atomic mass is 10.3. The monoisotopic (exact) mass is 334 g/mol. The van der Waals surface area contributed by atoms with Crippen LogP contribution < -0.4 is 5.32 Å². The molecule has 0 spiro atoms. The van der Waals surface area contributed by atoms with Gasteiger partial charge in [0.15, 0.2) is 0 Å². The van der Waals surface area contributed by atoms with Gasteiger partial charge in [0.05, 0.1) is 19.8 Å². The van der Waals surface area contributed by atoms with E-state index in [1.165, 1.54) is 0 Å². The van der Waals surface area contributed by atoms with Crippen molar-refractivity contribution in [2.75, 3.05) is 52.8 Å². The molecule has 0 bridgehead atoms. The van der Waals surface area contributed by atoms with E-state index in [0.29, 0.717) is 19.6 Å². The number of carbonyl (C=O) groups excluding carboxylic acids is 1. The number of nitrogens with zero attached hydrogens (tertiary/aromatic N) is 1. The van der Waals surface area contributed by atoms with Crippen LogP contribution in [-0.4, -0.2) is 64.2 Å². The van der Waals surface area contributed by atoms with E-state index in [1.807, 2.05) is 13.1 Å². The van der Waals surface area contributed by atoms with Gasteiger partial charge < -0.3 is 19.6 Å². The van der Waals surface area contributed by atoms with Gasteiger partial charge in [-0.05, 0) is 30.3 Å². The van der Waals surface area contributed by atoms with Crippen molar-refractivity contribution >= 4 is 32.9 Å². The lowest BCUT2D eigenvalue weighted by Crippen LogP contribution is -2.15. The highest BCUT2D eigenvalue weighted by Gasteiger charge is 1.99. The number of rotatable bonds is 10. The third-order valence-corrected chi connectivity index (χ3v) is 4.54. The van der Waals surface area contributed by atoms with Crippen molar-refractivity contribution in [3.63, 3.8) is 0 Å². The molecule has 1 aliphatic heterocycles. The van der Waals surface area contributed by atoms with E-state index in [9.17, 15) is 4.79 Å². The molecule has 0 aromatic heterocycles. The highest BCUT2D eigenvalue weighted by Crippen LogP contribution is 2.25. The summed E-state index contributed by atoms with van der Waals surface area (Å²) in [6.07, 6.45) is 6.82. The maximum absolute atomic E-state index is 9.99. The number of likely N-dealkylation sites (N-methyl/N-ethyl adjacent to an activating group) is 1. The van der Waals surface area contributed by atoms with Crippen LogP contribution >= 0.6 is 21.6 Å². The number of methoxy groups -OCH3 is 1. The van der Waals surface area contributed by atoms with Crippen LogP contribution in [0.25, 0.3) is 0 Å². The molecular weight excluding hydrogens is 308 g/mol. The van der Waals surface area contributed by atoms with E-state index in [1.54, 1.807) is 28.7 Å². The summed E-state index contributed by atoms with van der Waals surface area (Å²) in [5, 5.41) is 4.06. The number of nitrogens with one attached hydrogen (secondary N) is 1.